The summed E-state index contributed by atoms with van der Waals surface area (Å²) < 4.78 is 0. The predicted octanol–water partition coefficient (Wildman–Crippen LogP) is 0.384. The minimum Gasteiger partial charge on any atom is -1.00 e. The fourth-order valence-electron chi connectivity index (χ4n) is 1.48. The van der Waals surface area contributed by atoms with Gasteiger partial charge in [-0.25, -0.2) is 0 Å². The molecule has 0 atom stereocenters. The van der Waals surface area contributed by atoms with E-state index in [4.69, 9.17) is 0 Å². The van der Waals surface area contributed by atoms with Crippen molar-refractivity contribution in [3.8, 4) is 0 Å². The average Bonchev–Trinajstić information content (AvgIpc) is 2.32. The van der Waals surface area contributed by atoms with Crippen LogP contribution in [0.15, 0.2) is 60.7 Å². The summed E-state index contributed by atoms with van der Waals surface area (Å²) in [4.78, 5) is 0. The molecule has 0 N–H and O–H groups in total. The molecule has 0 radical (unpaired) electrons. The first-order chi connectivity index (χ1) is 7.45. The molecule has 0 saturated carbocycles. The molecular weight excluding hydrogens is 286 g/mol. The van der Waals surface area contributed by atoms with Crippen LogP contribution in [0.2, 0.25) is 0 Å². The number of benzene rings is 2. The Bertz CT molecular complexity index is 352. The van der Waals surface area contributed by atoms with E-state index in [-0.39, 0.29) is 40.0 Å². The van der Waals surface area contributed by atoms with E-state index in [9.17, 15) is 0 Å². The van der Waals surface area contributed by atoms with Crippen LogP contribution in [0.5, 0.6) is 0 Å². The third kappa shape index (κ3) is 6.22. The molecule has 0 aliphatic carbocycles. The van der Waals surface area contributed by atoms with Crippen molar-refractivity contribution in [1.82, 2.24) is 0 Å². The first-order valence-electron chi connectivity index (χ1n) is 5.16. The molecule has 1 nitrogen and oxygen atoms in total. The Kier molecular flexibility index (Phi) is 9.45. The van der Waals surface area contributed by atoms with Crippen molar-refractivity contribution in [3.63, 3.8) is 0 Å². The molecular formula is C14H14BrMgN. The Morgan fingerprint density at radius 2 is 1.00 bits per heavy atom. The number of rotatable bonds is 4. The normalized spacial score (nSPS) is 8.94. The van der Waals surface area contributed by atoms with Gasteiger partial charge in [-0.2, -0.15) is 0 Å². The van der Waals surface area contributed by atoms with Crippen molar-refractivity contribution in [2.45, 2.75) is 13.1 Å². The van der Waals surface area contributed by atoms with E-state index in [1.807, 2.05) is 36.4 Å². The molecule has 0 bridgehead atoms. The summed E-state index contributed by atoms with van der Waals surface area (Å²) in [5, 5.41) is 4.51. The standard InChI is InChI=1S/C14H14N.BrH.Mg/c1-3-7-13(8-4-1)11-15-12-14-9-5-2-6-10-14;;/h1-10H,11-12H2;1H;/q-1;;+2/p-1. The molecule has 0 aromatic heterocycles. The van der Waals surface area contributed by atoms with E-state index in [1.54, 1.807) is 0 Å². The van der Waals surface area contributed by atoms with E-state index < -0.39 is 0 Å². The van der Waals surface area contributed by atoms with Gasteiger partial charge in [0, 0.05) is 0 Å². The van der Waals surface area contributed by atoms with Gasteiger partial charge >= 0.3 is 23.1 Å². The van der Waals surface area contributed by atoms with Crippen molar-refractivity contribution in [3.05, 3.63) is 77.1 Å². The Morgan fingerprint density at radius 3 is 1.35 bits per heavy atom. The van der Waals surface area contributed by atoms with E-state index >= 15 is 0 Å². The zero-order valence-corrected chi connectivity index (χ0v) is 12.7. The van der Waals surface area contributed by atoms with Crippen molar-refractivity contribution < 1.29 is 17.0 Å². The summed E-state index contributed by atoms with van der Waals surface area (Å²) in [6.07, 6.45) is 0. The number of hydrogen-bond donors (Lipinski definition) is 0. The molecule has 84 valence electrons. The van der Waals surface area contributed by atoms with Gasteiger partial charge in [0.1, 0.15) is 0 Å². The fraction of sp³-hybridized carbons (Fsp3) is 0.143. The van der Waals surface area contributed by atoms with Gasteiger partial charge in [-0.05, 0) is 0 Å². The van der Waals surface area contributed by atoms with Crippen LogP contribution in [-0.4, -0.2) is 23.1 Å². The predicted molar refractivity (Wildman–Crippen MR) is 69.4 cm³/mol. The van der Waals surface area contributed by atoms with Crippen LogP contribution in [0.4, 0.5) is 0 Å². The Hall–Kier alpha value is -0.354. The van der Waals surface area contributed by atoms with Gasteiger partial charge in [0.25, 0.3) is 0 Å². The van der Waals surface area contributed by atoms with Gasteiger partial charge in [0.15, 0.2) is 0 Å². The van der Waals surface area contributed by atoms with E-state index in [1.165, 1.54) is 11.1 Å². The number of halogens is 1. The fourth-order valence-corrected chi connectivity index (χ4v) is 1.48. The zero-order valence-electron chi connectivity index (χ0n) is 9.72. The van der Waals surface area contributed by atoms with Crippen LogP contribution >= 0.6 is 0 Å². The maximum absolute atomic E-state index is 4.51. The van der Waals surface area contributed by atoms with Crippen molar-refractivity contribution >= 4 is 23.1 Å². The summed E-state index contributed by atoms with van der Waals surface area (Å²) in [6, 6.07) is 20.7. The second-order valence-corrected chi connectivity index (χ2v) is 3.51. The van der Waals surface area contributed by atoms with Gasteiger partial charge in [0.05, 0.1) is 0 Å². The average molecular weight is 300 g/mol. The zero-order chi connectivity index (χ0) is 10.3. The molecule has 2 aromatic carbocycles. The maximum Gasteiger partial charge on any atom is 2.00 e. The van der Waals surface area contributed by atoms with Gasteiger partial charge in [-0.1, -0.05) is 71.8 Å². The molecule has 0 aliphatic rings. The quantitative estimate of drug-likeness (QED) is 0.725. The van der Waals surface area contributed by atoms with Crippen LogP contribution in [0.1, 0.15) is 11.1 Å². The van der Waals surface area contributed by atoms with Crippen LogP contribution in [0.25, 0.3) is 5.32 Å². The molecule has 2 aromatic rings. The monoisotopic (exact) mass is 299 g/mol. The first kappa shape index (κ1) is 16.6. The molecule has 0 unspecified atom stereocenters. The van der Waals surface area contributed by atoms with Crippen LogP contribution in [0.3, 0.4) is 0 Å². The molecule has 0 amide bonds. The minimum absolute atomic E-state index is 0. The van der Waals surface area contributed by atoms with Crippen LogP contribution in [-0.2, 0) is 13.1 Å². The molecule has 0 spiro atoms. The van der Waals surface area contributed by atoms with Gasteiger partial charge in [-0.3, -0.25) is 0 Å². The first-order valence-corrected chi connectivity index (χ1v) is 5.16. The third-order valence-corrected chi connectivity index (χ3v) is 2.27. The summed E-state index contributed by atoms with van der Waals surface area (Å²) in [7, 11) is 0. The number of hydrogen-bond acceptors (Lipinski definition) is 0. The second kappa shape index (κ2) is 9.65. The van der Waals surface area contributed by atoms with Crippen molar-refractivity contribution in [2.75, 3.05) is 0 Å². The molecule has 0 saturated heterocycles. The SMILES string of the molecule is [Br-].[Mg+2].c1ccc(C[N-]Cc2ccccc2)cc1. The minimum atomic E-state index is 0. The van der Waals surface area contributed by atoms with Gasteiger partial charge < -0.3 is 22.3 Å². The molecule has 0 heterocycles. The Balaban J connectivity index is 0.00000128. The summed E-state index contributed by atoms with van der Waals surface area (Å²) >= 11 is 0. The van der Waals surface area contributed by atoms with Crippen molar-refractivity contribution in [1.29, 1.82) is 0 Å². The Morgan fingerprint density at radius 1 is 0.647 bits per heavy atom. The maximum atomic E-state index is 4.51. The Labute approximate surface area is 130 Å². The van der Waals surface area contributed by atoms with E-state index in [2.05, 4.69) is 29.6 Å². The van der Waals surface area contributed by atoms with Crippen molar-refractivity contribution in [2.24, 2.45) is 0 Å². The molecule has 3 heteroatoms. The van der Waals surface area contributed by atoms with Crippen LogP contribution < -0.4 is 17.0 Å². The topological polar surface area (TPSA) is 14.1 Å². The van der Waals surface area contributed by atoms with E-state index in [0.717, 1.165) is 13.1 Å². The summed E-state index contributed by atoms with van der Waals surface area (Å²) in [5.41, 5.74) is 2.54. The van der Waals surface area contributed by atoms with E-state index in [0.29, 0.717) is 0 Å². The van der Waals surface area contributed by atoms with Gasteiger partial charge in [-0.15, -0.1) is 13.1 Å². The summed E-state index contributed by atoms with van der Waals surface area (Å²) in [5.74, 6) is 0. The number of nitrogens with zero attached hydrogens (tertiary/aromatic N) is 1. The molecule has 0 aliphatic heterocycles. The largest absolute Gasteiger partial charge is 2.00 e. The smallest absolute Gasteiger partial charge is 1.00 e. The second-order valence-electron chi connectivity index (χ2n) is 3.51. The molecule has 17 heavy (non-hydrogen) atoms. The molecule has 2 rings (SSSR count). The van der Waals surface area contributed by atoms with Crippen LogP contribution in [0, 0.1) is 0 Å². The molecule has 0 fully saturated rings. The van der Waals surface area contributed by atoms with Gasteiger partial charge in [0.2, 0.25) is 0 Å². The summed E-state index contributed by atoms with van der Waals surface area (Å²) in [6.45, 7) is 1.60. The third-order valence-electron chi connectivity index (χ3n) is 2.27.